The second-order valence-electron chi connectivity index (χ2n) is 5.17. The third-order valence-corrected chi connectivity index (χ3v) is 5.41. The average Bonchev–Trinajstić information content (AvgIpc) is 2.87. The zero-order chi connectivity index (χ0) is 18.0. The number of benzene rings is 2. The van der Waals surface area contributed by atoms with E-state index in [9.17, 15) is 4.79 Å². The number of halogens is 3. The van der Waals surface area contributed by atoms with Gasteiger partial charge in [-0.05, 0) is 54.6 Å². The third kappa shape index (κ3) is 4.04. The van der Waals surface area contributed by atoms with Crippen LogP contribution in [0.25, 0.3) is 6.08 Å². The lowest BCUT2D eigenvalue weighted by atomic mass is 10.2. The SMILES string of the molecule is CCN1C(=O)/C(=C\c2ccc(Cl)cc2Cl)SC1=Nc1ccccc1Cl. The Morgan fingerprint density at radius 2 is 1.88 bits per heavy atom. The van der Waals surface area contributed by atoms with E-state index in [4.69, 9.17) is 34.8 Å². The highest BCUT2D eigenvalue weighted by Gasteiger charge is 2.32. The Bertz CT molecular complexity index is 896. The molecule has 0 aliphatic carbocycles. The van der Waals surface area contributed by atoms with Gasteiger partial charge >= 0.3 is 0 Å². The van der Waals surface area contributed by atoms with Crippen molar-refractivity contribution in [3.05, 3.63) is 68.0 Å². The molecule has 0 bridgehead atoms. The summed E-state index contributed by atoms with van der Waals surface area (Å²) >= 11 is 19.6. The maximum absolute atomic E-state index is 12.7. The highest BCUT2D eigenvalue weighted by atomic mass is 35.5. The molecular weight excluding hydrogens is 399 g/mol. The fourth-order valence-electron chi connectivity index (χ4n) is 2.28. The number of hydrogen-bond donors (Lipinski definition) is 0. The Morgan fingerprint density at radius 1 is 1.12 bits per heavy atom. The van der Waals surface area contributed by atoms with Crippen LogP contribution in [0.3, 0.4) is 0 Å². The van der Waals surface area contributed by atoms with Crippen LogP contribution in [0.2, 0.25) is 15.1 Å². The molecule has 1 aliphatic rings. The van der Waals surface area contributed by atoms with E-state index in [-0.39, 0.29) is 5.91 Å². The highest BCUT2D eigenvalue weighted by Crippen LogP contribution is 2.36. The molecule has 0 radical (unpaired) electrons. The minimum Gasteiger partial charge on any atom is -0.287 e. The van der Waals surface area contributed by atoms with Gasteiger partial charge in [0, 0.05) is 16.6 Å². The minimum atomic E-state index is -0.107. The Hall–Kier alpha value is -1.46. The molecule has 25 heavy (non-hydrogen) atoms. The van der Waals surface area contributed by atoms with Crippen LogP contribution in [-0.2, 0) is 4.79 Å². The molecule has 0 spiro atoms. The molecule has 0 N–H and O–H groups in total. The number of nitrogens with zero attached hydrogens (tertiary/aromatic N) is 2. The number of thioether (sulfide) groups is 1. The maximum atomic E-state index is 12.7. The largest absolute Gasteiger partial charge is 0.287 e. The van der Waals surface area contributed by atoms with Crippen LogP contribution in [-0.4, -0.2) is 22.5 Å². The van der Waals surface area contributed by atoms with Crippen molar-refractivity contribution in [3.8, 4) is 0 Å². The Morgan fingerprint density at radius 3 is 2.56 bits per heavy atom. The van der Waals surface area contributed by atoms with Crippen molar-refractivity contribution < 1.29 is 4.79 Å². The second-order valence-corrected chi connectivity index (χ2v) is 7.43. The topological polar surface area (TPSA) is 32.7 Å². The fourth-order valence-corrected chi connectivity index (χ4v) is 3.96. The minimum absolute atomic E-state index is 0.107. The molecule has 0 atom stereocenters. The van der Waals surface area contributed by atoms with Crippen molar-refractivity contribution in [1.82, 2.24) is 4.90 Å². The van der Waals surface area contributed by atoms with E-state index in [0.717, 1.165) is 5.56 Å². The van der Waals surface area contributed by atoms with Gasteiger partial charge < -0.3 is 0 Å². The Kier molecular flexibility index (Phi) is 5.74. The van der Waals surface area contributed by atoms with Gasteiger partial charge in [-0.25, -0.2) is 4.99 Å². The van der Waals surface area contributed by atoms with Crippen LogP contribution in [0.1, 0.15) is 12.5 Å². The van der Waals surface area contributed by atoms with E-state index < -0.39 is 0 Å². The molecule has 1 amide bonds. The van der Waals surface area contributed by atoms with Crippen LogP contribution >= 0.6 is 46.6 Å². The van der Waals surface area contributed by atoms with E-state index >= 15 is 0 Å². The van der Waals surface area contributed by atoms with Crippen LogP contribution in [0.15, 0.2) is 52.4 Å². The summed E-state index contributed by atoms with van der Waals surface area (Å²) in [7, 11) is 0. The first kappa shape index (κ1) is 18.3. The lowest BCUT2D eigenvalue weighted by molar-refractivity contribution is -0.122. The smallest absolute Gasteiger partial charge is 0.266 e. The zero-order valence-electron chi connectivity index (χ0n) is 13.2. The lowest BCUT2D eigenvalue weighted by Crippen LogP contribution is -2.28. The van der Waals surface area contributed by atoms with Gasteiger partial charge in [0.2, 0.25) is 0 Å². The predicted molar refractivity (Wildman–Crippen MR) is 108 cm³/mol. The number of amidine groups is 1. The van der Waals surface area contributed by atoms with E-state index in [1.165, 1.54) is 11.8 Å². The molecule has 1 aliphatic heterocycles. The first-order chi connectivity index (χ1) is 12.0. The number of aliphatic imine (C=N–C) groups is 1. The Labute approximate surface area is 165 Å². The molecular formula is C18H13Cl3N2OS. The molecule has 1 heterocycles. The van der Waals surface area contributed by atoms with E-state index in [2.05, 4.69) is 4.99 Å². The quantitative estimate of drug-likeness (QED) is 0.557. The van der Waals surface area contributed by atoms with Crippen LogP contribution < -0.4 is 0 Å². The summed E-state index contributed by atoms with van der Waals surface area (Å²) in [5, 5.41) is 2.18. The van der Waals surface area contributed by atoms with Gasteiger partial charge in [0.25, 0.3) is 5.91 Å². The summed E-state index contributed by atoms with van der Waals surface area (Å²) in [6.45, 7) is 2.42. The summed E-state index contributed by atoms with van der Waals surface area (Å²) in [5.74, 6) is -0.107. The number of rotatable bonds is 3. The summed E-state index contributed by atoms with van der Waals surface area (Å²) in [6.07, 6.45) is 1.75. The molecule has 2 aromatic rings. The molecule has 7 heteroatoms. The molecule has 128 valence electrons. The molecule has 1 fully saturated rings. The van der Waals surface area contributed by atoms with Crippen molar-refractivity contribution in [2.45, 2.75) is 6.92 Å². The standard InChI is InChI=1S/C18H13Cl3N2OS/c1-2-23-17(24)16(9-11-7-8-12(19)10-14(11)21)25-18(23)22-15-6-4-3-5-13(15)20/h3-10H,2H2,1H3/b16-9+,22-18?. The maximum Gasteiger partial charge on any atom is 0.266 e. The van der Waals surface area contributed by atoms with Crippen molar-refractivity contribution in [1.29, 1.82) is 0 Å². The monoisotopic (exact) mass is 410 g/mol. The summed E-state index contributed by atoms with van der Waals surface area (Å²) in [4.78, 5) is 19.4. The van der Waals surface area contributed by atoms with E-state index in [1.807, 2.05) is 25.1 Å². The van der Waals surface area contributed by atoms with Gasteiger partial charge in [0.15, 0.2) is 5.17 Å². The summed E-state index contributed by atoms with van der Waals surface area (Å²) in [6, 6.07) is 12.4. The van der Waals surface area contributed by atoms with Crippen molar-refractivity contribution in [3.63, 3.8) is 0 Å². The van der Waals surface area contributed by atoms with Gasteiger partial charge in [-0.2, -0.15) is 0 Å². The van der Waals surface area contributed by atoms with Crippen LogP contribution in [0.4, 0.5) is 5.69 Å². The number of carbonyl (C=O) groups is 1. The number of hydrogen-bond acceptors (Lipinski definition) is 3. The van der Waals surface area contributed by atoms with Gasteiger partial charge in [-0.1, -0.05) is 53.0 Å². The van der Waals surface area contributed by atoms with Gasteiger partial charge in [0.1, 0.15) is 0 Å². The molecule has 3 rings (SSSR count). The molecule has 0 unspecified atom stereocenters. The first-order valence-electron chi connectivity index (χ1n) is 7.49. The lowest BCUT2D eigenvalue weighted by Gasteiger charge is -2.12. The van der Waals surface area contributed by atoms with E-state index in [1.54, 1.807) is 35.2 Å². The van der Waals surface area contributed by atoms with Gasteiger partial charge in [0.05, 0.1) is 15.6 Å². The summed E-state index contributed by atoms with van der Waals surface area (Å²) in [5.41, 5.74) is 1.36. The predicted octanol–water partition coefficient (Wildman–Crippen LogP) is 6.27. The number of likely N-dealkylation sites (N-methyl/N-ethyl adjacent to an activating group) is 1. The van der Waals surface area contributed by atoms with Gasteiger partial charge in [-0.15, -0.1) is 0 Å². The van der Waals surface area contributed by atoms with E-state index in [0.29, 0.717) is 37.4 Å². The molecule has 3 nitrogen and oxygen atoms in total. The molecule has 1 saturated heterocycles. The summed E-state index contributed by atoms with van der Waals surface area (Å²) < 4.78 is 0. The van der Waals surface area contributed by atoms with Crippen LogP contribution in [0.5, 0.6) is 0 Å². The highest BCUT2D eigenvalue weighted by molar-refractivity contribution is 8.18. The average molecular weight is 412 g/mol. The fraction of sp³-hybridized carbons (Fsp3) is 0.111. The molecule has 0 aromatic heterocycles. The number of para-hydroxylation sites is 1. The molecule has 2 aromatic carbocycles. The number of amides is 1. The van der Waals surface area contributed by atoms with Crippen molar-refractivity contribution in [2.24, 2.45) is 4.99 Å². The normalized spacial score (nSPS) is 17.8. The first-order valence-corrected chi connectivity index (χ1v) is 9.44. The van der Waals surface area contributed by atoms with Crippen LogP contribution in [0, 0.1) is 0 Å². The Balaban J connectivity index is 1.98. The van der Waals surface area contributed by atoms with Crippen molar-refractivity contribution in [2.75, 3.05) is 6.54 Å². The zero-order valence-corrected chi connectivity index (χ0v) is 16.3. The third-order valence-electron chi connectivity index (χ3n) is 3.52. The number of carbonyl (C=O) groups excluding carboxylic acids is 1. The molecule has 0 saturated carbocycles. The van der Waals surface area contributed by atoms with Gasteiger partial charge in [-0.3, -0.25) is 9.69 Å². The van der Waals surface area contributed by atoms with Crippen molar-refractivity contribution >= 4 is 69.4 Å². The second kappa shape index (κ2) is 7.83.